The van der Waals surface area contributed by atoms with Crippen molar-refractivity contribution in [1.82, 2.24) is 5.32 Å². The monoisotopic (exact) mass is 246 g/mol. The van der Waals surface area contributed by atoms with E-state index in [1.165, 1.54) is 5.56 Å². The van der Waals surface area contributed by atoms with Crippen molar-refractivity contribution in [1.29, 1.82) is 5.26 Å². The minimum absolute atomic E-state index is 0.296. The van der Waals surface area contributed by atoms with Gasteiger partial charge in [-0.3, -0.25) is 0 Å². The van der Waals surface area contributed by atoms with Crippen molar-refractivity contribution in [2.45, 2.75) is 27.2 Å². The molecular weight excluding hydrogens is 224 g/mol. The zero-order chi connectivity index (χ0) is 13.6. The van der Waals surface area contributed by atoms with Crippen LogP contribution in [0.15, 0.2) is 18.2 Å². The highest BCUT2D eigenvalue weighted by Crippen LogP contribution is 2.18. The van der Waals surface area contributed by atoms with Crippen molar-refractivity contribution in [3.8, 4) is 11.8 Å². The molecule has 0 heterocycles. The number of rotatable bonds is 6. The molecule has 98 valence electrons. The van der Waals surface area contributed by atoms with Crippen LogP contribution in [-0.2, 0) is 6.42 Å². The van der Waals surface area contributed by atoms with Gasteiger partial charge in [0, 0.05) is 6.54 Å². The van der Waals surface area contributed by atoms with Crippen LogP contribution in [0.2, 0.25) is 0 Å². The van der Waals surface area contributed by atoms with Crippen LogP contribution in [0.4, 0.5) is 0 Å². The zero-order valence-corrected chi connectivity index (χ0v) is 11.7. The van der Waals surface area contributed by atoms with Gasteiger partial charge in [0.25, 0.3) is 0 Å². The van der Waals surface area contributed by atoms with E-state index in [9.17, 15) is 0 Å². The SMILES string of the molecule is COc1ccc(CCNCC(C)(C)C#N)cc1C. The third-order valence-electron chi connectivity index (χ3n) is 2.92. The minimum Gasteiger partial charge on any atom is -0.496 e. The lowest BCUT2D eigenvalue weighted by Crippen LogP contribution is -2.29. The van der Waals surface area contributed by atoms with Gasteiger partial charge in [0.2, 0.25) is 0 Å². The second-order valence-electron chi connectivity index (χ2n) is 5.23. The number of nitrogens with zero attached hydrogens (tertiary/aromatic N) is 1. The number of benzene rings is 1. The normalized spacial score (nSPS) is 11.1. The topological polar surface area (TPSA) is 45.0 Å². The van der Waals surface area contributed by atoms with E-state index >= 15 is 0 Å². The van der Waals surface area contributed by atoms with Gasteiger partial charge >= 0.3 is 0 Å². The Bertz CT molecular complexity index is 433. The fourth-order valence-electron chi connectivity index (χ4n) is 1.77. The van der Waals surface area contributed by atoms with Gasteiger partial charge in [0.05, 0.1) is 18.6 Å². The summed E-state index contributed by atoms with van der Waals surface area (Å²) in [4.78, 5) is 0. The van der Waals surface area contributed by atoms with Gasteiger partial charge in [-0.25, -0.2) is 0 Å². The summed E-state index contributed by atoms with van der Waals surface area (Å²) in [6.07, 6.45) is 0.965. The number of hydrogen-bond donors (Lipinski definition) is 1. The molecule has 0 fully saturated rings. The van der Waals surface area contributed by atoms with Gasteiger partial charge in [0.1, 0.15) is 5.75 Å². The van der Waals surface area contributed by atoms with Crippen molar-refractivity contribution >= 4 is 0 Å². The molecule has 1 aromatic carbocycles. The largest absolute Gasteiger partial charge is 0.496 e. The maximum Gasteiger partial charge on any atom is 0.121 e. The minimum atomic E-state index is -0.296. The number of methoxy groups -OCH3 is 1. The van der Waals surface area contributed by atoms with Crippen LogP contribution < -0.4 is 10.1 Å². The van der Waals surface area contributed by atoms with Crippen LogP contribution in [0.25, 0.3) is 0 Å². The Balaban J connectivity index is 2.41. The quantitative estimate of drug-likeness (QED) is 0.785. The zero-order valence-electron chi connectivity index (χ0n) is 11.7. The van der Waals surface area contributed by atoms with Crippen molar-refractivity contribution in [2.24, 2.45) is 5.41 Å². The van der Waals surface area contributed by atoms with E-state index in [1.807, 2.05) is 19.9 Å². The molecular formula is C15H22N2O. The molecule has 3 heteroatoms. The summed E-state index contributed by atoms with van der Waals surface area (Å²) >= 11 is 0. The molecule has 0 spiro atoms. The number of hydrogen-bond acceptors (Lipinski definition) is 3. The van der Waals surface area contributed by atoms with Crippen LogP contribution in [0.3, 0.4) is 0 Å². The van der Waals surface area contributed by atoms with Crippen molar-refractivity contribution in [3.05, 3.63) is 29.3 Å². The standard InChI is InChI=1S/C15H22N2O/c1-12-9-13(5-6-14(12)18-4)7-8-17-11-15(2,3)10-16/h5-6,9,17H,7-8,11H2,1-4H3. The second kappa shape index (κ2) is 6.42. The molecule has 0 saturated carbocycles. The summed E-state index contributed by atoms with van der Waals surface area (Å²) in [7, 11) is 1.69. The number of ether oxygens (including phenoxy) is 1. The van der Waals surface area contributed by atoms with Crippen molar-refractivity contribution in [2.75, 3.05) is 20.2 Å². The van der Waals surface area contributed by atoms with E-state index in [2.05, 4.69) is 30.4 Å². The second-order valence-corrected chi connectivity index (χ2v) is 5.23. The maximum absolute atomic E-state index is 8.90. The van der Waals surface area contributed by atoms with Crippen molar-refractivity contribution in [3.63, 3.8) is 0 Å². The predicted molar refractivity (Wildman–Crippen MR) is 73.7 cm³/mol. The molecule has 3 nitrogen and oxygen atoms in total. The van der Waals surface area contributed by atoms with E-state index < -0.39 is 0 Å². The molecule has 0 aliphatic rings. The number of nitrogens with one attached hydrogen (secondary N) is 1. The lowest BCUT2D eigenvalue weighted by molar-refractivity contribution is 0.411. The Hall–Kier alpha value is -1.53. The first-order valence-corrected chi connectivity index (χ1v) is 6.24. The molecule has 1 aromatic rings. The summed E-state index contributed by atoms with van der Waals surface area (Å²) in [5.74, 6) is 0.928. The summed E-state index contributed by atoms with van der Waals surface area (Å²) in [6.45, 7) is 7.54. The van der Waals surface area contributed by atoms with Gasteiger partial charge in [0.15, 0.2) is 0 Å². The van der Waals surface area contributed by atoms with Gasteiger partial charge in [-0.15, -0.1) is 0 Å². The van der Waals surface area contributed by atoms with Crippen LogP contribution in [0.1, 0.15) is 25.0 Å². The summed E-state index contributed by atoms with van der Waals surface area (Å²) in [5, 5.41) is 12.2. The molecule has 18 heavy (non-hydrogen) atoms. The first-order valence-electron chi connectivity index (χ1n) is 6.24. The van der Waals surface area contributed by atoms with Gasteiger partial charge < -0.3 is 10.1 Å². The third kappa shape index (κ3) is 4.38. The Kier molecular flexibility index (Phi) is 5.18. The smallest absolute Gasteiger partial charge is 0.121 e. The molecule has 0 aliphatic carbocycles. The molecule has 1 rings (SSSR count). The lowest BCUT2D eigenvalue weighted by atomic mass is 9.96. The van der Waals surface area contributed by atoms with Gasteiger partial charge in [-0.1, -0.05) is 12.1 Å². The molecule has 0 aromatic heterocycles. The first-order chi connectivity index (χ1) is 8.48. The molecule has 0 radical (unpaired) electrons. The molecule has 1 N–H and O–H groups in total. The molecule has 0 unspecified atom stereocenters. The Morgan fingerprint density at radius 3 is 2.67 bits per heavy atom. The van der Waals surface area contributed by atoms with Gasteiger partial charge in [-0.2, -0.15) is 5.26 Å². The van der Waals surface area contributed by atoms with E-state index in [4.69, 9.17) is 10.00 Å². The highest BCUT2D eigenvalue weighted by atomic mass is 16.5. The van der Waals surface area contributed by atoms with Crippen LogP contribution in [0, 0.1) is 23.7 Å². The Labute approximate surface area is 110 Å². The fourth-order valence-corrected chi connectivity index (χ4v) is 1.77. The molecule has 0 atom stereocenters. The van der Waals surface area contributed by atoms with Crippen LogP contribution in [-0.4, -0.2) is 20.2 Å². The average Bonchev–Trinajstić information content (AvgIpc) is 2.35. The van der Waals surface area contributed by atoms with E-state index in [0.717, 1.165) is 30.8 Å². The predicted octanol–water partition coefficient (Wildman–Crippen LogP) is 2.69. The molecule has 0 amide bonds. The van der Waals surface area contributed by atoms with Crippen molar-refractivity contribution < 1.29 is 4.74 Å². The summed E-state index contributed by atoms with van der Waals surface area (Å²) < 4.78 is 5.23. The number of aryl methyl sites for hydroxylation is 1. The highest BCUT2D eigenvalue weighted by Gasteiger charge is 2.15. The first kappa shape index (κ1) is 14.5. The summed E-state index contributed by atoms with van der Waals surface area (Å²) in [5.41, 5.74) is 2.15. The average molecular weight is 246 g/mol. The molecule has 0 bridgehead atoms. The van der Waals surface area contributed by atoms with E-state index in [1.54, 1.807) is 7.11 Å². The highest BCUT2D eigenvalue weighted by molar-refractivity contribution is 5.36. The third-order valence-corrected chi connectivity index (χ3v) is 2.92. The summed E-state index contributed by atoms with van der Waals surface area (Å²) in [6, 6.07) is 8.52. The lowest BCUT2D eigenvalue weighted by Gasteiger charge is -2.15. The Morgan fingerprint density at radius 2 is 2.11 bits per heavy atom. The maximum atomic E-state index is 8.90. The van der Waals surface area contributed by atoms with Gasteiger partial charge in [-0.05, 0) is 50.9 Å². The van der Waals surface area contributed by atoms with Crippen LogP contribution >= 0.6 is 0 Å². The van der Waals surface area contributed by atoms with E-state index in [-0.39, 0.29) is 5.41 Å². The Morgan fingerprint density at radius 1 is 1.39 bits per heavy atom. The van der Waals surface area contributed by atoms with Crippen LogP contribution in [0.5, 0.6) is 5.75 Å². The fraction of sp³-hybridized carbons (Fsp3) is 0.533. The van der Waals surface area contributed by atoms with E-state index in [0.29, 0.717) is 0 Å². The molecule has 0 aliphatic heterocycles. The number of nitriles is 1. The molecule has 0 saturated heterocycles.